The number of likely N-dealkylation sites (N-methyl/N-ethyl adjacent to an activating group) is 1. The number of amides is 1. The molecule has 8 nitrogen and oxygen atoms in total. The maximum absolute atomic E-state index is 14.1. The second kappa shape index (κ2) is 11.2. The molecule has 3 aromatic rings. The predicted molar refractivity (Wildman–Crippen MR) is 148 cm³/mol. The molecule has 1 aromatic carbocycles. The number of nitrogens with one attached hydrogen (secondary N) is 1. The fourth-order valence-corrected chi connectivity index (χ4v) is 5.91. The van der Waals surface area contributed by atoms with Crippen molar-refractivity contribution in [3.8, 4) is 17.5 Å². The monoisotopic (exact) mass is 566 g/mol. The number of alkyl halides is 3. The molecule has 0 radical (unpaired) electrons. The first-order valence-electron chi connectivity index (χ1n) is 13.5. The maximum atomic E-state index is 14.1. The molecule has 11 heteroatoms. The third kappa shape index (κ3) is 5.54. The van der Waals surface area contributed by atoms with Gasteiger partial charge in [0.25, 0.3) is 0 Å². The van der Waals surface area contributed by atoms with E-state index in [2.05, 4.69) is 5.32 Å². The Balaban J connectivity index is 1.44. The van der Waals surface area contributed by atoms with E-state index in [1.807, 2.05) is 72.0 Å². The number of halogens is 3. The van der Waals surface area contributed by atoms with Gasteiger partial charge in [0.2, 0.25) is 5.91 Å². The Labute approximate surface area is 237 Å². The minimum absolute atomic E-state index is 0.0395. The molecule has 41 heavy (non-hydrogen) atoms. The molecule has 2 fully saturated rings. The summed E-state index contributed by atoms with van der Waals surface area (Å²) in [6.07, 6.45) is -0.0411. The minimum atomic E-state index is -4.54. The van der Waals surface area contributed by atoms with Crippen molar-refractivity contribution in [3.05, 3.63) is 71.5 Å². The molecule has 2 aliphatic heterocycles. The molecule has 2 atom stereocenters. The van der Waals surface area contributed by atoms with Gasteiger partial charge in [-0.1, -0.05) is 6.07 Å². The molecule has 216 valence electrons. The van der Waals surface area contributed by atoms with E-state index in [-0.39, 0.29) is 23.6 Å². The number of hydrogen-bond donors (Lipinski definition) is 1. The lowest BCUT2D eigenvalue weighted by molar-refractivity contribution is -0.137. The summed E-state index contributed by atoms with van der Waals surface area (Å²) in [7, 11) is 5.85. The van der Waals surface area contributed by atoms with Gasteiger partial charge < -0.3 is 24.4 Å². The molecule has 2 saturated heterocycles. The van der Waals surface area contributed by atoms with Crippen LogP contribution in [0.2, 0.25) is 0 Å². The van der Waals surface area contributed by atoms with Crippen molar-refractivity contribution in [3.63, 3.8) is 0 Å². The third-order valence-corrected chi connectivity index (χ3v) is 8.39. The van der Waals surface area contributed by atoms with Gasteiger partial charge in [0.1, 0.15) is 6.07 Å². The van der Waals surface area contributed by atoms with Gasteiger partial charge in [-0.3, -0.25) is 9.78 Å². The molecule has 5 rings (SSSR count). The van der Waals surface area contributed by atoms with Crippen LogP contribution in [0.4, 0.5) is 18.9 Å². The first-order chi connectivity index (χ1) is 19.5. The number of aromatic nitrogens is 2. The summed E-state index contributed by atoms with van der Waals surface area (Å²) in [6, 6.07) is 12.8. The second-order valence-corrected chi connectivity index (χ2v) is 11.0. The topological polar surface area (TPSA) is 86.4 Å². The number of benzene rings is 1. The number of nitriles is 1. The SMILES string of the molecule is CN(C)[C@@H]1COC[C@H]1NC(=O)C1(c2ccc(-c3cccn3C)nc2)CCN(c2ccc(C(F)(F)F)cc2C#N)CC1. The molecule has 4 heterocycles. The number of hydrogen-bond acceptors (Lipinski definition) is 6. The summed E-state index contributed by atoms with van der Waals surface area (Å²) >= 11 is 0. The van der Waals surface area contributed by atoms with E-state index in [9.17, 15) is 23.2 Å². The highest BCUT2D eigenvalue weighted by Crippen LogP contribution is 2.40. The van der Waals surface area contributed by atoms with E-state index in [4.69, 9.17) is 9.72 Å². The first-order valence-corrected chi connectivity index (χ1v) is 13.5. The maximum Gasteiger partial charge on any atom is 0.416 e. The number of rotatable bonds is 6. The molecule has 0 saturated carbocycles. The zero-order valence-electron chi connectivity index (χ0n) is 23.3. The van der Waals surface area contributed by atoms with Crippen molar-refractivity contribution in [1.82, 2.24) is 19.8 Å². The highest BCUT2D eigenvalue weighted by Gasteiger charge is 2.45. The lowest BCUT2D eigenvalue weighted by atomic mass is 9.72. The zero-order valence-corrected chi connectivity index (χ0v) is 23.3. The molecule has 0 aliphatic carbocycles. The van der Waals surface area contributed by atoms with Crippen molar-refractivity contribution in [1.29, 1.82) is 5.26 Å². The van der Waals surface area contributed by atoms with Gasteiger partial charge in [-0.2, -0.15) is 18.4 Å². The molecule has 1 amide bonds. The third-order valence-electron chi connectivity index (χ3n) is 8.39. The normalized spacial score (nSPS) is 20.7. The van der Waals surface area contributed by atoms with Gasteiger partial charge in [-0.25, -0.2) is 0 Å². The van der Waals surface area contributed by atoms with Crippen LogP contribution in [0.25, 0.3) is 11.4 Å². The number of carbonyl (C=O) groups is 1. The molecule has 0 spiro atoms. The predicted octanol–water partition coefficient (Wildman–Crippen LogP) is 3.96. The number of piperidine rings is 1. The Morgan fingerprint density at radius 2 is 1.93 bits per heavy atom. The molecule has 0 unspecified atom stereocenters. The van der Waals surface area contributed by atoms with Crippen molar-refractivity contribution in [2.24, 2.45) is 7.05 Å². The Bertz CT molecular complexity index is 1440. The number of nitrogens with zero attached hydrogens (tertiary/aromatic N) is 5. The van der Waals surface area contributed by atoms with Crippen LogP contribution in [0.1, 0.15) is 29.5 Å². The molecule has 2 aromatic heterocycles. The van der Waals surface area contributed by atoms with Gasteiger partial charge in [-0.15, -0.1) is 0 Å². The van der Waals surface area contributed by atoms with E-state index in [1.165, 1.54) is 6.07 Å². The molecule has 2 aliphatic rings. The average Bonchev–Trinajstić information content (AvgIpc) is 3.61. The van der Waals surface area contributed by atoms with Crippen LogP contribution in [0.15, 0.2) is 54.9 Å². The lowest BCUT2D eigenvalue weighted by Crippen LogP contribution is -2.57. The summed E-state index contributed by atoms with van der Waals surface area (Å²) in [5, 5.41) is 12.9. The molecule has 0 bridgehead atoms. The van der Waals surface area contributed by atoms with Crippen LogP contribution in [-0.4, -0.2) is 72.8 Å². The summed E-state index contributed by atoms with van der Waals surface area (Å²) in [5.41, 5.74) is 1.14. The Morgan fingerprint density at radius 1 is 1.17 bits per heavy atom. The zero-order chi connectivity index (χ0) is 29.4. The first kappa shape index (κ1) is 28.6. The molecular weight excluding hydrogens is 533 g/mol. The number of pyridine rings is 1. The van der Waals surface area contributed by atoms with E-state index < -0.39 is 17.2 Å². The Hall–Kier alpha value is -3.88. The summed E-state index contributed by atoms with van der Waals surface area (Å²) in [4.78, 5) is 22.7. The number of carbonyl (C=O) groups excluding carboxylic acids is 1. The van der Waals surface area contributed by atoms with E-state index in [0.29, 0.717) is 44.8 Å². The summed E-state index contributed by atoms with van der Waals surface area (Å²) in [5.74, 6) is -0.124. The highest BCUT2D eigenvalue weighted by atomic mass is 19.4. The van der Waals surface area contributed by atoms with Gasteiger partial charge >= 0.3 is 6.18 Å². The average molecular weight is 567 g/mol. The standard InChI is InChI=1S/C30H33F3N6O2/c1-37(2)27-19-41-18-24(27)36-28(40)29(22-6-8-23(35-17-22)26-5-4-12-38(26)3)10-13-39(14-11-29)25-9-7-21(30(31,32)33)15-20(25)16-34/h4-9,12,15,17,24,27H,10-11,13-14,18-19H2,1-3H3,(H,36,40)/t24-,27-/m1/s1. The second-order valence-electron chi connectivity index (χ2n) is 11.0. The van der Waals surface area contributed by atoms with Gasteiger partial charge in [0.15, 0.2) is 0 Å². The fraction of sp³-hybridized carbons (Fsp3) is 0.433. The van der Waals surface area contributed by atoms with Crippen LogP contribution < -0.4 is 10.2 Å². The highest BCUT2D eigenvalue weighted by molar-refractivity contribution is 5.89. The fourth-order valence-electron chi connectivity index (χ4n) is 5.91. The minimum Gasteiger partial charge on any atom is -0.378 e. The van der Waals surface area contributed by atoms with Crippen molar-refractivity contribution in [2.45, 2.75) is 36.5 Å². The van der Waals surface area contributed by atoms with Crippen LogP contribution in [0.3, 0.4) is 0 Å². The van der Waals surface area contributed by atoms with Crippen molar-refractivity contribution >= 4 is 11.6 Å². The van der Waals surface area contributed by atoms with Gasteiger partial charge in [-0.05, 0) is 68.9 Å². The smallest absolute Gasteiger partial charge is 0.378 e. The van der Waals surface area contributed by atoms with Gasteiger partial charge in [0.05, 0.1) is 58.9 Å². The molecular formula is C30H33F3N6O2. The largest absolute Gasteiger partial charge is 0.416 e. The van der Waals surface area contributed by atoms with E-state index >= 15 is 0 Å². The van der Waals surface area contributed by atoms with Crippen LogP contribution in [-0.2, 0) is 28.2 Å². The lowest BCUT2D eigenvalue weighted by Gasteiger charge is -2.43. The number of anilines is 1. The van der Waals surface area contributed by atoms with E-state index in [1.54, 1.807) is 6.20 Å². The van der Waals surface area contributed by atoms with Crippen molar-refractivity contribution in [2.75, 3.05) is 45.3 Å². The molecule has 1 N–H and O–H groups in total. The Morgan fingerprint density at radius 3 is 2.51 bits per heavy atom. The van der Waals surface area contributed by atoms with Crippen LogP contribution >= 0.6 is 0 Å². The van der Waals surface area contributed by atoms with Gasteiger partial charge in [0, 0.05) is 32.5 Å². The Kier molecular flexibility index (Phi) is 7.81. The number of aryl methyl sites for hydroxylation is 1. The van der Waals surface area contributed by atoms with Crippen LogP contribution in [0.5, 0.6) is 0 Å². The summed E-state index contributed by atoms with van der Waals surface area (Å²) in [6.45, 7) is 1.70. The van der Waals surface area contributed by atoms with E-state index in [0.717, 1.165) is 29.1 Å². The van der Waals surface area contributed by atoms with Crippen molar-refractivity contribution < 1.29 is 22.7 Å². The quantitative estimate of drug-likeness (QED) is 0.486. The van der Waals surface area contributed by atoms with Crippen LogP contribution in [0, 0.1) is 11.3 Å². The summed E-state index contributed by atoms with van der Waals surface area (Å²) < 4.78 is 47.4. The number of ether oxygens (including phenoxy) is 1.